The summed E-state index contributed by atoms with van der Waals surface area (Å²) in [6.45, 7) is 3.45. The van der Waals surface area contributed by atoms with Gasteiger partial charge in [0.25, 0.3) is 0 Å². The number of hydrogen-bond donors (Lipinski definition) is 1. The Hall–Kier alpha value is -1.10. The van der Waals surface area contributed by atoms with E-state index >= 15 is 0 Å². The van der Waals surface area contributed by atoms with Gasteiger partial charge in [0, 0.05) is 20.1 Å². The van der Waals surface area contributed by atoms with Gasteiger partial charge in [0.15, 0.2) is 0 Å². The maximum Gasteiger partial charge on any atom is 0.239 e. The average Bonchev–Trinajstić information content (AvgIpc) is 3.00. The second kappa shape index (κ2) is 6.81. The highest BCUT2D eigenvalue weighted by molar-refractivity contribution is 5.83. The predicted octanol–water partition coefficient (Wildman–Crippen LogP) is 2.26. The lowest BCUT2D eigenvalue weighted by molar-refractivity contribution is -0.135. The highest BCUT2D eigenvalue weighted by Gasteiger charge is 2.53. The third-order valence-corrected chi connectivity index (χ3v) is 7.82. The normalized spacial score (nSPS) is 39.8. The molecule has 4 aliphatic carbocycles. The summed E-state index contributed by atoms with van der Waals surface area (Å²) in [6.07, 6.45) is 10.1. The van der Waals surface area contributed by atoms with Gasteiger partial charge in [-0.15, -0.1) is 0 Å². The van der Waals surface area contributed by atoms with Gasteiger partial charge in [0.1, 0.15) is 0 Å². The maximum atomic E-state index is 12.8. The zero-order chi connectivity index (χ0) is 18.5. The molecule has 1 N–H and O–H groups in total. The summed E-state index contributed by atoms with van der Waals surface area (Å²) in [5.41, 5.74) is 0.342. The van der Waals surface area contributed by atoms with E-state index in [1.807, 2.05) is 0 Å². The summed E-state index contributed by atoms with van der Waals surface area (Å²) in [7, 11) is 3.60. The molecule has 26 heavy (non-hydrogen) atoms. The average molecular weight is 362 g/mol. The Morgan fingerprint density at radius 1 is 1.12 bits per heavy atom. The molecule has 4 bridgehead atoms. The minimum atomic E-state index is -0.120. The Kier molecular flexibility index (Phi) is 4.79. The first-order valence-electron chi connectivity index (χ1n) is 10.6. The summed E-state index contributed by atoms with van der Waals surface area (Å²) in [4.78, 5) is 28.8. The summed E-state index contributed by atoms with van der Waals surface area (Å²) in [5, 5.41) is 3.35. The van der Waals surface area contributed by atoms with Crippen LogP contribution in [0.5, 0.6) is 0 Å². The van der Waals surface area contributed by atoms with Crippen LogP contribution in [0.2, 0.25) is 0 Å². The fourth-order valence-corrected chi connectivity index (χ4v) is 6.93. The molecule has 5 fully saturated rings. The van der Waals surface area contributed by atoms with E-state index in [0.29, 0.717) is 12.0 Å². The summed E-state index contributed by atoms with van der Waals surface area (Å²) in [5.74, 6) is 2.94. The lowest BCUT2D eigenvalue weighted by Crippen LogP contribution is -2.57. The lowest BCUT2D eigenvalue weighted by atomic mass is 9.48. The molecule has 5 aliphatic rings. The number of rotatable bonds is 5. The van der Waals surface area contributed by atoms with Crippen molar-refractivity contribution in [2.24, 2.45) is 23.2 Å². The molecule has 146 valence electrons. The topological polar surface area (TPSA) is 52.7 Å². The van der Waals surface area contributed by atoms with E-state index in [2.05, 4.69) is 17.1 Å². The third-order valence-electron chi connectivity index (χ3n) is 7.82. The van der Waals surface area contributed by atoms with Crippen LogP contribution in [0.1, 0.15) is 58.3 Å². The molecule has 1 saturated heterocycles. The van der Waals surface area contributed by atoms with Gasteiger partial charge in [-0.2, -0.15) is 0 Å². The molecular formula is C21H35N3O2. The molecule has 0 radical (unpaired) electrons. The van der Waals surface area contributed by atoms with E-state index < -0.39 is 0 Å². The molecule has 5 nitrogen and oxygen atoms in total. The van der Waals surface area contributed by atoms with Crippen LogP contribution < -0.4 is 5.32 Å². The van der Waals surface area contributed by atoms with Gasteiger partial charge in [-0.3, -0.25) is 14.5 Å². The second-order valence-electron chi connectivity index (χ2n) is 9.93. The van der Waals surface area contributed by atoms with Crippen molar-refractivity contribution in [3.05, 3.63) is 0 Å². The van der Waals surface area contributed by atoms with Crippen LogP contribution in [-0.2, 0) is 9.59 Å². The monoisotopic (exact) mass is 361 g/mol. The fraction of sp³-hybridized carbons (Fsp3) is 0.905. The van der Waals surface area contributed by atoms with Gasteiger partial charge in [-0.1, -0.05) is 0 Å². The number of amides is 2. The lowest BCUT2D eigenvalue weighted by Gasteiger charge is -2.59. The van der Waals surface area contributed by atoms with Gasteiger partial charge >= 0.3 is 0 Å². The van der Waals surface area contributed by atoms with Crippen molar-refractivity contribution in [2.75, 3.05) is 27.2 Å². The van der Waals surface area contributed by atoms with E-state index in [9.17, 15) is 9.59 Å². The van der Waals surface area contributed by atoms with E-state index in [4.69, 9.17) is 0 Å². The van der Waals surface area contributed by atoms with Crippen molar-refractivity contribution in [3.63, 3.8) is 0 Å². The van der Waals surface area contributed by atoms with E-state index in [1.54, 1.807) is 19.0 Å². The van der Waals surface area contributed by atoms with Crippen molar-refractivity contribution in [1.29, 1.82) is 0 Å². The Labute approximate surface area is 157 Å². The molecule has 2 unspecified atom stereocenters. The molecule has 0 aromatic heterocycles. The third kappa shape index (κ3) is 3.28. The quantitative estimate of drug-likeness (QED) is 0.817. The van der Waals surface area contributed by atoms with Crippen LogP contribution in [0.25, 0.3) is 0 Å². The fourth-order valence-electron chi connectivity index (χ4n) is 6.93. The maximum absolute atomic E-state index is 12.8. The minimum absolute atomic E-state index is 0.103. The molecule has 4 saturated carbocycles. The molecule has 5 rings (SSSR count). The van der Waals surface area contributed by atoms with Crippen molar-refractivity contribution in [2.45, 2.75) is 70.4 Å². The largest absolute Gasteiger partial charge is 0.352 e. The van der Waals surface area contributed by atoms with E-state index in [0.717, 1.165) is 37.1 Å². The molecule has 2 amide bonds. The van der Waals surface area contributed by atoms with E-state index in [-0.39, 0.29) is 23.9 Å². The second-order valence-corrected chi connectivity index (χ2v) is 9.93. The van der Waals surface area contributed by atoms with Crippen LogP contribution >= 0.6 is 0 Å². The van der Waals surface area contributed by atoms with Crippen molar-refractivity contribution >= 4 is 11.8 Å². The molecule has 1 heterocycles. The molecule has 5 heteroatoms. The molecule has 1 aliphatic heterocycles. The summed E-state index contributed by atoms with van der Waals surface area (Å²) < 4.78 is 0. The number of carbonyl (C=O) groups excluding carboxylic acids is 2. The number of likely N-dealkylation sites (tertiary alicyclic amines) is 1. The first-order chi connectivity index (χ1) is 12.4. The first-order valence-corrected chi connectivity index (χ1v) is 10.6. The molecular weight excluding hydrogens is 326 g/mol. The first kappa shape index (κ1) is 18.3. The van der Waals surface area contributed by atoms with Crippen LogP contribution in [0.3, 0.4) is 0 Å². The highest BCUT2D eigenvalue weighted by atomic mass is 16.2. The smallest absolute Gasteiger partial charge is 0.239 e. The van der Waals surface area contributed by atoms with Gasteiger partial charge < -0.3 is 10.2 Å². The predicted molar refractivity (Wildman–Crippen MR) is 101 cm³/mol. The van der Waals surface area contributed by atoms with Crippen LogP contribution in [0.15, 0.2) is 0 Å². The Bertz CT molecular complexity index is 538. The standard InChI is InChI=1S/C21H35N3O2/c1-14(21-10-15-7-16(11-21)9-17(8-15)12-21)22-19(25)13-24-6-4-5-18(24)20(26)23(2)3/h14-18H,4-13H2,1-3H3,(H,22,25). The van der Waals surface area contributed by atoms with Crippen LogP contribution in [-0.4, -0.2) is 60.9 Å². The molecule has 0 aromatic carbocycles. The van der Waals surface area contributed by atoms with Gasteiger partial charge in [-0.25, -0.2) is 0 Å². The molecule has 0 aromatic rings. The van der Waals surface area contributed by atoms with Crippen molar-refractivity contribution in [1.82, 2.24) is 15.1 Å². The number of likely N-dealkylation sites (N-methyl/N-ethyl adjacent to an activating group) is 1. The van der Waals surface area contributed by atoms with Crippen molar-refractivity contribution < 1.29 is 9.59 Å². The number of hydrogen-bond acceptors (Lipinski definition) is 3. The minimum Gasteiger partial charge on any atom is -0.352 e. The number of nitrogens with one attached hydrogen (secondary N) is 1. The van der Waals surface area contributed by atoms with E-state index in [1.165, 1.54) is 38.5 Å². The Morgan fingerprint density at radius 2 is 1.69 bits per heavy atom. The molecule has 0 spiro atoms. The zero-order valence-electron chi connectivity index (χ0n) is 16.7. The van der Waals surface area contributed by atoms with Crippen LogP contribution in [0.4, 0.5) is 0 Å². The van der Waals surface area contributed by atoms with Crippen LogP contribution in [0, 0.1) is 23.2 Å². The zero-order valence-corrected chi connectivity index (χ0v) is 16.7. The van der Waals surface area contributed by atoms with Gasteiger partial charge in [0.2, 0.25) is 11.8 Å². The van der Waals surface area contributed by atoms with Gasteiger partial charge in [-0.05, 0) is 88.0 Å². The van der Waals surface area contributed by atoms with Crippen molar-refractivity contribution in [3.8, 4) is 0 Å². The SMILES string of the molecule is CC(NC(=O)CN1CCCC1C(=O)N(C)C)C12CC3CC(CC(C3)C1)C2. The number of carbonyl (C=O) groups is 2. The Balaban J connectivity index is 1.35. The van der Waals surface area contributed by atoms with Gasteiger partial charge in [0.05, 0.1) is 12.6 Å². The highest BCUT2D eigenvalue weighted by Crippen LogP contribution is 2.61. The Morgan fingerprint density at radius 3 is 2.23 bits per heavy atom. The summed E-state index contributed by atoms with van der Waals surface area (Å²) >= 11 is 0. The summed E-state index contributed by atoms with van der Waals surface area (Å²) in [6, 6.07) is 0.139. The molecule has 2 atom stereocenters. The number of nitrogens with zero attached hydrogens (tertiary/aromatic N) is 2.